The Bertz CT molecular complexity index is 607. The van der Waals surface area contributed by atoms with Crippen LogP contribution in [0.25, 0.3) is 0 Å². The third-order valence-corrected chi connectivity index (χ3v) is 4.30. The second-order valence-corrected chi connectivity index (χ2v) is 6.15. The van der Waals surface area contributed by atoms with Crippen LogP contribution in [0.15, 0.2) is 54.6 Å². The number of methoxy groups -OCH3 is 1. The summed E-state index contributed by atoms with van der Waals surface area (Å²) in [4.78, 5) is 11.9. The fourth-order valence-corrected chi connectivity index (χ4v) is 2.71. The highest BCUT2D eigenvalue weighted by Crippen LogP contribution is 2.17. The van der Waals surface area contributed by atoms with E-state index < -0.39 is 0 Å². The fraction of sp³-hybridized carbons (Fsp3) is 0.381. The molecule has 0 spiro atoms. The molecule has 0 radical (unpaired) electrons. The zero-order valence-corrected chi connectivity index (χ0v) is 14.6. The Hall–Kier alpha value is -2.29. The summed E-state index contributed by atoms with van der Waals surface area (Å²) in [5, 5.41) is 3.03. The largest absolute Gasteiger partial charge is 0.497 e. The van der Waals surface area contributed by atoms with E-state index in [9.17, 15) is 4.79 Å². The molecule has 0 heterocycles. The minimum atomic E-state index is 0.142. The number of rotatable bonds is 9. The van der Waals surface area contributed by atoms with Gasteiger partial charge >= 0.3 is 0 Å². The van der Waals surface area contributed by atoms with E-state index in [0.29, 0.717) is 12.3 Å². The van der Waals surface area contributed by atoms with Crippen LogP contribution in [0.2, 0.25) is 0 Å². The van der Waals surface area contributed by atoms with Gasteiger partial charge < -0.3 is 10.1 Å². The Morgan fingerprint density at radius 3 is 2.46 bits per heavy atom. The van der Waals surface area contributed by atoms with E-state index in [-0.39, 0.29) is 5.91 Å². The monoisotopic (exact) mass is 325 g/mol. The maximum atomic E-state index is 11.9. The quantitative estimate of drug-likeness (QED) is 0.745. The number of hydrogen-bond acceptors (Lipinski definition) is 2. The Balaban J connectivity index is 1.61. The number of benzene rings is 2. The Morgan fingerprint density at radius 1 is 1.08 bits per heavy atom. The van der Waals surface area contributed by atoms with Gasteiger partial charge in [-0.25, -0.2) is 0 Å². The van der Waals surface area contributed by atoms with Gasteiger partial charge in [0.15, 0.2) is 0 Å². The van der Waals surface area contributed by atoms with Gasteiger partial charge in [-0.1, -0.05) is 49.4 Å². The van der Waals surface area contributed by atoms with Crippen molar-refractivity contribution < 1.29 is 9.53 Å². The summed E-state index contributed by atoms with van der Waals surface area (Å²) in [6, 6.07) is 18.5. The molecule has 0 saturated carbocycles. The molecule has 0 bridgehead atoms. The zero-order chi connectivity index (χ0) is 17.2. The van der Waals surface area contributed by atoms with Crippen molar-refractivity contribution in [2.24, 2.45) is 0 Å². The first-order chi connectivity index (χ1) is 11.7. The molecule has 2 aromatic carbocycles. The van der Waals surface area contributed by atoms with Crippen molar-refractivity contribution in [3.63, 3.8) is 0 Å². The van der Waals surface area contributed by atoms with Crippen LogP contribution in [0, 0.1) is 0 Å². The van der Waals surface area contributed by atoms with Crippen molar-refractivity contribution >= 4 is 5.91 Å². The molecule has 2 rings (SSSR count). The highest BCUT2D eigenvalue weighted by Gasteiger charge is 2.06. The molecular formula is C21H27NO2. The molecule has 1 unspecified atom stereocenters. The van der Waals surface area contributed by atoms with Gasteiger partial charge in [-0.2, -0.15) is 0 Å². The third kappa shape index (κ3) is 6.07. The smallest absolute Gasteiger partial charge is 0.220 e. The van der Waals surface area contributed by atoms with Crippen LogP contribution in [0.1, 0.15) is 43.2 Å². The van der Waals surface area contributed by atoms with Crippen LogP contribution in [0.5, 0.6) is 5.75 Å². The molecule has 1 atom stereocenters. The lowest BCUT2D eigenvalue weighted by Crippen LogP contribution is -2.25. The van der Waals surface area contributed by atoms with E-state index >= 15 is 0 Å². The van der Waals surface area contributed by atoms with Crippen LogP contribution < -0.4 is 10.1 Å². The fourth-order valence-electron chi connectivity index (χ4n) is 2.71. The highest BCUT2D eigenvalue weighted by atomic mass is 16.5. The molecule has 1 amide bonds. The van der Waals surface area contributed by atoms with Gasteiger partial charge in [-0.3, -0.25) is 4.79 Å². The normalized spacial score (nSPS) is 11.8. The van der Waals surface area contributed by atoms with E-state index in [1.54, 1.807) is 7.11 Å². The lowest BCUT2D eigenvalue weighted by molar-refractivity contribution is -0.121. The molecule has 0 aliphatic heterocycles. The number of carbonyl (C=O) groups excluding carboxylic acids is 1. The zero-order valence-electron chi connectivity index (χ0n) is 14.6. The standard InChI is InChI=1S/C21H27NO2/c1-17(19-8-4-3-5-9-19)15-16-22-21(23)10-6-7-18-11-13-20(24-2)14-12-18/h3-5,8-9,11-14,17H,6-7,10,15-16H2,1-2H3,(H,22,23). The predicted octanol–water partition coefficient (Wildman–Crippen LogP) is 4.33. The summed E-state index contributed by atoms with van der Waals surface area (Å²) in [6.07, 6.45) is 3.32. The molecule has 3 nitrogen and oxygen atoms in total. The molecule has 2 aromatic rings. The molecule has 0 aliphatic rings. The van der Waals surface area contributed by atoms with Gasteiger partial charge in [0.05, 0.1) is 7.11 Å². The van der Waals surface area contributed by atoms with Gasteiger partial charge in [0, 0.05) is 13.0 Å². The minimum Gasteiger partial charge on any atom is -0.497 e. The summed E-state index contributed by atoms with van der Waals surface area (Å²) in [5.74, 6) is 1.47. The average Bonchev–Trinajstić information content (AvgIpc) is 2.63. The average molecular weight is 325 g/mol. The highest BCUT2D eigenvalue weighted by molar-refractivity contribution is 5.75. The maximum absolute atomic E-state index is 11.9. The van der Waals surface area contributed by atoms with Gasteiger partial charge in [0.1, 0.15) is 5.75 Å². The molecule has 1 N–H and O–H groups in total. The Labute approximate surface area is 145 Å². The molecule has 0 fully saturated rings. The van der Waals surface area contributed by atoms with Crippen molar-refractivity contribution in [1.29, 1.82) is 0 Å². The number of ether oxygens (including phenoxy) is 1. The van der Waals surface area contributed by atoms with E-state index in [2.05, 4.69) is 48.6 Å². The van der Waals surface area contributed by atoms with Gasteiger partial charge in [-0.15, -0.1) is 0 Å². The van der Waals surface area contributed by atoms with Crippen LogP contribution >= 0.6 is 0 Å². The van der Waals surface area contributed by atoms with E-state index in [4.69, 9.17) is 4.74 Å². The Morgan fingerprint density at radius 2 is 1.79 bits per heavy atom. The maximum Gasteiger partial charge on any atom is 0.220 e. The number of nitrogens with one attached hydrogen (secondary N) is 1. The van der Waals surface area contributed by atoms with Crippen molar-refractivity contribution in [3.8, 4) is 5.75 Å². The molecule has 0 aromatic heterocycles. The summed E-state index contributed by atoms with van der Waals surface area (Å²) in [5.41, 5.74) is 2.56. The minimum absolute atomic E-state index is 0.142. The second kappa shape index (κ2) is 9.76. The number of amides is 1. The molecule has 24 heavy (non-hydrogen) atoms. The molecule has 0 saturated heterocycles. The molecule has 0 aliphatic carbocycles. The summed E-state index contributed by atoms with van der Waals surface area (Å²) < 4.78 is 5.14. The topological polar surface area (TPSA) is 38.3 Å². The van der Waals surface area contributed by atoms with Crippen LogP contribution in [-0.4, -0.2) is 19.6 Å². The number of carbonyl (C=O) groups is 1. The van der Waals surface area contributed by atoms with Gasteiger partial charge in [0.2, 0.25) is 5.91 Å². The van der Waals surface area contributed by atoms with Crippen molar-refractivity contribution in [3.05, 3.63) is 65.7 Å². The number of hydrogen-bond donors (Lipinski definition) is 1. The molecular weight excluding hydrogens is 298 g/mol. The molecule has 128 valence electrons. The summed E-state index contributed by atoms with van der Waals surface area (Å²) >= 11 is 0. The van der Waals surface area contributed by atoms with Crippen LogP contribution in [-0.2, 0) is 11.2 Å². The SMILES string of the molecule is COc1ccc(CCCC(=O)NCCC(C)c2ccccc2)cc1. The first-order valence-electron chi connectivity index (χ1n) is 8.63. The predicted molar refractivity (Wildman–Crippen MR) is 98.4 cm³/mol. The first-order valence-corrected chi connectivity index (χ1v) is 8.63. The van der Waals surface area contributed by atoms with Crippen molar-refractivity contribution in [2.45, 2.75) is 38.5 Å². The summed E-state index contributed by atoms with van der Waals surface area (Å²) in [7, 11) is 1.66. The lowest BCUT2D eigenvalue weighted by atomic mass is 9.98. The lowest BCUT2D eigenvalue weighted by Gasteiger charge is -2.12. The van der Waals surface area contributed by atoms with Crippen LogP contribution in [0.3, 0.4) is 0 Å². The summed E-state index contributed by atoms with van der Waals surface area (Å²) in [6.45, 7) is 2.93. The van der Waals surface area contributed by atoms with Crippen LogP contribution in [0.4, 0.5) is 0 Å². The van der Waals surface area contributed by atoms with Gasteiger partial charge in [-0.05, 0) is 48.4 Å². The first kappa shape index (κ1) is 18.1. The van der Waals surface area contributed by atoms with Crippen molar-refractivity contribution in [1.82, 2.24) is 5.32 Å². The second-order valence-electron chi connectivity index (χ2n) is 6.15. The molecule has 3 heteroatoms. The Kier molecular flexibility index (Phi) is 7.34. The van der Waals surface area contributed by atoms with E-state index in [1.165, 1.54) is 11.1 Å². The van der Waals surface area contributed by atoms with E-state index in [0.717, 1.165) is 31.6 Å². The van der Waals surface area contributed by atoms with Gasteiger partial charge in [0.25, 0.3) is 0 Å². The van der Waals surface area contributed by atoms with Crippen molar-refractivity contribution in [2.75, 3.05) is 13.7 Å². The third-order valence-electron chi connectivity index (χ3n) is 4.30. The number of aryl methyl sites for hydroxylation is 1. The van der Waals surface area contributed by atoms with E-state index in [1.807, 2.05) is 18.2 Å².